The monoisotopic (exact) mass is 448 g/mol. The number of nitrogens with one attached hydrogen (secondary N) is 3. The molecule has 0 bridgehead atoms. The van der Waals surface area contributed by atoms with Crippen LogP contribution >= 0.6 is 0 Å². The second-order valence-corrected chi connectivity index (χ2v) is 7.15. The molecule has 174 valence electrons. The Kier molecular flexibility index (Phi) is 10.9. The fraction of sp³-hybridized carbons (Fsp3) is 0.579. The summed E-state index contributed by atoms with van der Waals surface area (Å²) in [4.78, 5) is 37.7. The minimum absolute atomic E-state index is 0.183. The molecule has 0 saturated carbocycles. The molecule has 0 spiro atoms. The third-order valence-corrected chi connectivity index (χ3v) is 4.01. The van der Waals surface area contributed by atoms with Gasteiger partial charge in [0.25, 0.3) is 0 Å². The Labute approximate surface area is 177 Å². The smallest absolute Gasteiger partial charge is 0.475 e. The van der Waals surface area contributed by atoms with E-state index in [2.05, 4.69) is 20.9 Å². The molecule has 1 aromatic heterocycles. The Bertz CT molecular complexity index is 710. The van der Waals surface area contributed by atoms with Crippen LogP contribution in [0.1, 0.15) is 25.8 Å². The number of carbonyl (C=O) groups excluding carboxylic acids is 2. The average Bonchev–Trinajstić information content (AvgIpc) is 2.72. The number of carbonyl (C=O) groups is 3. The SMILES string of the molecule is CC(C)C[C@H](NC(=O)[C@@H]1COCCN1)C(=O)NCc1cccnc1.O=C(O)C(F)(F)F. The van der Waals surface area contributed by atoms with Crippen LogP contribution < -0.4 is 16.0 Å². The van der Waals surface area contributed by atoms with Crippen LogP contribution in [0.15, 0.2) is 24.5 Å². The van der Waals surface area contributed by atoms with Crippen LogP contribution in [0.2, 0.25) is 0 Å². The molecule has 12 heteroatoms. The van der Waals surface area contributed by atoms with Crippen LogP contribution in [-0.4, -0.2) is 65.9 Å². The number of halogens is 3. The number of pyridine rings is 1. The standard InChI is InChI=1S/C17H26N4O3.C2HF3O2/c1-12(2)8-14(21-17(23)15-11-24-7-6-19-15)16(22)20-10-13-4-3-5-18-9-13;3-2(4,5)1(6)7/h3-5,9,12,14-15,19H,6-8,10-11H2,1-2H3,(H,20,22)(H,21,23);(H,6,7)/t14-,15-;/m0./s1. The molecule has 1 aliphatic heterocycles. The van der Waals surface area contributed by atoms with Crippen molar-refractivity contribution in [2.24, 2.45) is 5.92 Å². The van der Waals surface area contributed by atoms with Crippen molar-refractivity contribution in [3.8, 4) is 0 Å². The lowest BCUT2D eigenvalue weighted by Gasteiger charge is -2.26. The van der Waals surface area contributed by atoms with Crippen LogP contribution in [0.4, 0.5) is 13.2 Å². The number of carboxylic acids is 1. The van der Waals surface area contributed by atoms with Crippen molar-refractivity contribution in [1.29, 1.82) is 0 Å². The quantitative estimate of drug-likeness (QED) is 0.487. The molecule has 2 amide bonds. The summed E-state index contributed by atoms with van der Waals surface area (Å²) in [6.45, 7) is 6.01. The maximum atomic E-state index is 12.5. The molecule has 4 N–H and O–H groups in total. The van der Waals surface area contributed by atoms with Crippen LogP contribution in [0.5, 0.6) is 0 Å². The number of carboxylic acid groups (broad SMARTS) is 1. The largest absolute Gasteiger partial charge is 0.490 e. The number of amides is 2. The van der Waals surface area contributed by atoms with Gasteiger partial charge in [0.1, 0.15) is 12.1 Å². The summed E-state index contributed by atoms with van der Waals surface area (Å²) in [7, 11) is 0. The first kappa shape index (κ1) is 26.3. The zero-order valence-electron chi connectivity index (χ0n) is 17.2. The summed E-state index contributed by atoms with van der Waals surface area (Å²) in [5, 5.41) is 15.9. The van der Waals surface area contributed by atoms with Gasteiger partial charge >= 0.3 is 12.1 Å². The first-order chi connectivity index (χ1) is 14.5. The van der Waals surface area contributed by atoms with Gasteiger partial charge in [-0.3, -0.25) is 14.6 Å². The van der Waals surface area contributed by atoms with Gasteiger partial charge in [-0.15, -0.1) is 0 Å². The molecule has 2 heterocycles. The number of hydrogen-bond acceptors (Lipinski definition) is 6. The van der Waals surface area contributed by atoms with Crippen molar-refractivity contribution in [3.05, 3.63) is 30.1 Å². The Morgan fingerprint density at radius 1 is 1.35 bits per heavy atom. The molecule has 31 heavy (non-hydrogen) atoms. The van der Waals surface area contributed by atoms with E-state index in [0.29, 0.717) is 32.7 Å². The van der Waals surface area contributed by atoms with Gasteiger partial charge in [0, 0.05) is 25.5 Å². The first-order valence-electron chi connectivity index (χ1n) is 9.59. The van der Waals surface area contributed by atoms with Crippen molar-refractivity contribution in [1.82, 2.24) is 20.9 Å². The molecule has 1 saturated heterocycles. The summed E-state index contributed by atoms with van der Waals surface area (Å²) < 4.78 is 37.0. The Balaban J connectivity index is 0.000000592. The van der Waals surface area contributed by atoms with Gasteiger partial charge in [-0.05, 0) is 24.0 Å². The second kappa shape index (κ2) is 12.8. The first-order valence-corrected chi connectivity index (χ1v) is 9.59. The molecule has 1 fully saturated rings. The van der Waals surface area contributed by atoms with Gasteiger partial charge in [0.2, 0.25) is 11.8 Å². The third kappa shape index (κ3) is 10.7. The van der Waals surface area contributed by atoms with Crippen molar-refractivity contribution < 1.29 is 37.4 Å². The van der Waals surface area contributed by atoms with E-state index in [1.54, 1.807) is 12.4 Å². The number of nitrogens with zero attached hydrogens (tertiary/aromatic N) is 1. The van der Waals surface area contributed by atoms with E-state index in [4.69, 9.17) is 14.6 Å². The molecule has 0 aliphatic carbocycles. The minimum atomic E-state index is -5.08. The Morgan fingerprint density at radius 3 is 2.52 bits per heavy atom. The van der Waals surface area contributed by atoms with Crippen molar-refractivity contribution >= 4 is 17.8 Å². The van der Waals surface area contributed by atoms with Gasteiger partial charge in [-0.2, -0.15) is 13.2 Å². The molecule has 1 aromatic rings. The maximum absolute atomic E-state index is 12.5. The molecular weight excluding hydrogens is 421 g/mol. The van der Waals surface area contributed by atoms with Crippen LogP contribution in [-0.2, 0) is 25.7 Å². The van der Waals surface area contributed by atoms with Crippen LogP contribution in [0, 0.1) is 5.92 Å². The van der Waals surface area contributed by atoms with E-state index in [9.17, 15) is 22.8 Å². The Morgan fingerprint density at radius 2 is 2.03 bits per heavy atom. The lowest BCUT2D eigenvalue weighted by Crippen LogP contribution is -2.56. The van der Waals surface area contributed by atoms with Crippen molar-refractivity contribution in [2.45, 2.75) is 45.1 Å². The van der Waals surface area contributed by atoms with Gasteiger partial charge in [-0.1, -0.05) is 19.9 Å². The van der Waals surface area contributed by atoms with E-state index in [1.807, 2.05) is 26.0 Å². The van der Waals surface area contributed by atoms with Gasteiger partial charge < -0.3 is 25.8 Å². The summed E-state index contributed by atoms with van der Waals surface area (Å²) in [6, 6.07) is 2.76. The summed E-state index contributed by atoms with van der Waals surface area (Å²) in [6.07, 6.45) is -1.11. The third-order valence-electron chi connectivity index (χ3n) is 4.01. The number of aromatic nitrogens is 1. The number of morpholine rings is 1. The highest BCUT2D eigenvalue weighted by Gasteiger charge is 2.38. The Hall–Kier alpha value is -2.73. The van der Waals surface area contributed by atoms with Gasteiger partial charge in [0.05, 0.1) is 13.2 Å². The average molecular weight is 448 g/mol. The number of ether oxygens (including phenoxy) is 1. The highest BCUT2D eigenvalue weighted by Crippen LogP contribution is 2.13. The van der Waals surface area contributed by atoms with E-state index in [0.717, 1.165) is 5.56 Å². The van der Waals surface area contributed by atoms with Gasteiger partial charge in [-0.25, -0.2) is 4.79 Å². The number of alkyl halides is 3. The van der Waals surface area contributed by atoms with Crippen molar-refractivity contribution in [2.75, 3.05) is 19.8 Å². The number of hydrogen-bond donors (Lipinski definition) is 4. The number of rotatable bonds is 7. The van der Waals surface area contributed by atoms with Gasteiger partial charge in [0.15, 0.2) is 0 Å². The zero-order valence-corrected chi connectivity index (χ0v) is 17.2. The highest BCUT2D eigenvalue weighted by atomic mass is 19.4. The van der Waals surface area contributed by atoms with Crippen LogP contribution in [0.3, 0.4) is 0 Å². The highest BCUT2D eigenvalue weighted by molar-refractivity contribution is 5.89. The molecule has 9 nitrogen and oxygen atoms in total. The molecule has 0 radical (unpaired) electrons. The van der Waals surface area contributed by atoms with E-state index in [-0.39, 0.29) is 17.7 Å². The molecule has 1 aliphatic rings. The number of aliphatic carboxylic acids is 1. The van der Waals surface area contributed by atoms with E-state index in [1.165, 1.54) is 0 Å². The maximum Gasteiger partial charge on any atom is 0.490 e. The lowest BCUT2D eigenvalue weighted by molar-refractivity contribution is -0.192. The van der Waals surface area contributed by atoms with E-state index >= 15 is 0 Å². The normalized spacial score (nSPS) is 17.2. The van der Waals surface area contributed by atoms with Crippen LogP contribution in [0.25, 0.3) is 0 Å². The molecular formula is C19H27F3N4O5. The van der Waals surface area contributed by atoms with Crippen molar-refractivity contribution in [3.63, 3.8) is 0 Å². The fourth-order valence-electron chi connectivity index (χ4n) is 2.52. The second-order valence-electron chi connectivity index (χ2n) is 7.15. The van der Waals surface area contributed by atoms with E-state index < -0.39 is 24.2 Å². The topological polar surface area (TPSA) is 130 Å². The summed E-state index contributed by atoms with van der Waals surface area (Å²) in [5.74, 6) is -2.85. The lowest BCUT2D eigenvalue weighted by atomic mass is 10.0. The predicted octanol–water partition coefficient (Wildman–Crippen LogP) is 0.850. The minimum Gasteiger partial charge on any atom is -0.475 e. The molecule has 0 unspecified atom stereocenters. The molecule has 0 aromatic carbocycles. The summed E-state index contributed by atoms with van der Waals surface area (Å²) in [5.41, 5.74) is 0.919. The molecule has 2 rings (SSSR count). The zero-order chi connectivity index (χ0) is 23.4. The summed E-state index contributed by atoms with van der Waals surface area (Å²) >= 11 is 0. The fourth-order valence-corrected chi connectivity index (χ4v) is 2.52. The predicted molar refractivity (Wildman–Crippen MR) is 104 cm³/mol. The molecule has 2 atom stereocenters.